The van der Waals surface area contributed by atoms with Gasteiger partial charge in [0.25, 0.3) is 0 Å². The predicted octanol–water partition coefficient (Wildman–Crippen LogP) is 1.42. The Labute approximate surface area is 75.5 Å². The maximum atomic E-state index is 8.27. The third-order valence-electron chi connectivity index (χ3n) is 1.42. The molecule has 2 N–H and O–H groups in total. The lowest BCUT2D eigenvalue weighted by Crippen LogP contribution is -1.98. The van der Waals surface area contributed by atoms with Crippen molar-refractivity contribution in [1.82, 2.24) is 9.78 Å². The van der Waals surface area contributed by atoms with Crippen LogP contribution in [-0.4, -0.2) is 9.78 Å². The molecule has 1 rings (SSSR count). The lowest BCUT2D eigenvalue weighted by molar-refractivity contribution is 0.588. The number of aryl methyl sites for hydroxylation is 1. The molecule has 12 heavy (non-hydrogen) atoms. The maximum absolute atomic E-state index is 8.27. The van der Waals surface area contributed by atoms with Gasteiger partial charge in [-0.25, -0.2) is 0 Å². The van der Waals surface area contributed by atoms with Crippen LogP contribution in [0.3, 0.4) is 0 Å². The first kappa shape index (κ1) is 8.88. The fourth-order valence-corrected chi connectivity index (χ4v) is 0.997. The highest BCUT2D eigenvalue weighted by Crippen LogP contribution is 2.15. The van der Waals surface area contributed by atoms with E-state index in [2.05, 4.69) is 11.2 Å². The normalized spacial score (nSPS) is 9.67. The molecule has 0 bridgehead atoms. The molecule has 1 aromatic heterocycles. The highest BCUT2D eigenvalue weighted by atomic mass is 35.5. The zero-order chi connectivity index (χ0) is 8.97. The maximum Gasteiger partial charge on any atom is 0.164 e. The molecule has 5 heteroatoms. The van der Waals surface area contributed by atoms with Crippen LogP contribution in [0.25, 0.3) is 0 Å². The Morgan fingerprint density at radius 1 is 1.75 bits per heavy atom. The summed E-state index contributed by atoms with van der Waals surface area (Å²) in [5.41, 5.74) is 5.42. The molecule has 0 spiro atoms. The lowest BCUT2D eigenvalue weighted by Gasteiger charge is -1.95. The first-order valence-electron chi connectivity index (χ1n) is 3.59. The average Bonchev–Trinajstić information content (AvgIpc) is 2.32. The van der Waals surface area contributed by atoms with Crippen molar-refractivity contribution in [3.8, 4) is 6.07 Å². The largest absolute Gasteiger partial charge is 0.381 e. The SMILES string of the molecule is N#CCCCn1cc(Cl)c(N)n1. The molecule has 0 fully saturated rings. The number of hydrogen-bond acceptors (Lipinski definition) is 3. The van der Waals surface area contributed by atoms with E-state index in [9.17, 15) is 0 Å². The van der Waals surface area contributed by atoms with Gasteiger partial charge in [-0.15, -0.1) is 0 Å². The van der Waals surface area contributed by atoms with Gasteiger partial charge < -0.3 is 5.73 Å². The van der Waals surface area contributed by atoms with E-state index < -0.39 is 0 Å². The van der Waals surface area contributed by atoms with E-state index in [1.54, 1.807) is 10.9 Å². The minimum atomic E-state index is 0.341. The Kier molecular flexibility index (Phi) is 2.94. The molecule has 0 aliphatic heterocycles. The molecule has 0 unspecified atom stereocenters. The van der Waals surface area contributed by atoms with Crippen LogP contribution in [0.4, 0.5) is 5.82 Å². The van der Waals surface area contributed by atoms with Gasteiger partial charge in [-0.05, 0) is 6.42 Å². The van der Waals surface area contributed by atoms with Gasteiger partial charge in [0, 0.05) is 19.2 Å². The van der Waals surface area contributed by atoms with Gasteiger partial charge in [0.15, 0.2) is 5.82 Å². The van der Waals surface area contributed by atoms with Crippen LogP contribution in [0.15, 0.2) is 6.20 Å². The predicted molar refractivity (Wildman–Crippen MR) is 46.5 cm³/mol. The Bertz CT molecular complexity index is 279. The summed E-state index contributed by atoms with van der Waals surface area (Å²) in [5.74, 6) is 0.341. The number of anilines is 1. The van der Waals surface area contributed by atoms with Crippen LogP contribution < -0.4 is 5.73 Å². The molecule has 0 amide bonds. The third-order valence-corrected chi connectivity index (χ3v) is 1.71. The van der Waals surface area contributed by atoms with E-state index in [1.165, 1.54) is 0 Å². The van der Waals surface area contributed by atoms with Gasteiger partial charge in [0.1, 0.15) is 5.02 Å². The summed E-state index contributed by atoms with van der Waals surface area (Å²) in [6.07, 6.45) is 2.96. The molecule has 0 aliphatic carbocycles. The van der Waals surface area contributed by atoms with Gasteiger partial charge in [-0.2, -0.15) is 10.4 Å². The quantitative estimate of drug-likeness (QED) is 0.723. The van der Waals surface area contributed by atoms with Crippen LogP contribution in [0.2, 0.25) is 5.02 Å². The second-order valence-corrected chi connectivity index (χ2v) is 2.79. The Morgan fingerprint density at radius 2 is 2.50 bits per heavy atom. The van der Waals surface area contributed by atoms with E-state index in [-0.39, 0.29) is 0 Å². The van der Waals surface area contributed by atoms with Crippen molar-refractivity contribution in [2.45, 2.75) is 19.4 Å². The van der Waals surface area contributed by atoms with Crippen LogP contribution in [-0.2, 0) is 6.54 Å². The molecule has 0 atom stereocenters. The van der Waals surface area contributed by atoms with Crippen LogP contribution >= 0.6 is 11.6 Å². The zero-order valence-corrected chi connectivity index (χ0v) is 7.25. The van der Waals surface area contributed by atoms with Gasteiger partial charge >= 0.3 is 0 Å². The number of nitrogens with two attached hydrogens (primary N) is 1. The van der Waals surface area contributed by atoms with E-state index in [0.717, 1.165) is 6.42 Å². The van der Waals surface area contributed by atoms with E-state index in [0.29, 0.717) is 23.8 Å². The van der Waals surface area contributed by atoms with Gasteiger partial charge in [0.05, 0.1) is 6.07 Å². The number of aromatic nitrogens is 2. The standard InChI is InChI=1S/C7H9ClN4/c8-6-5-12(11-7(6)10)4-2-1-3-9/h5H,1-2,4H2,(H2,10,11). The molecular weight excluding hydrogens is 176 g/mol. The molecule has 4 nitrogen and oxygen atoms in total. The second-order valence-electron chi connectivity index (χ2n) is 2.39. The van der Waals surface area contributed by atoms with Crippen molar-refractivity contribution in [1.29, 1.82) is 5.26 Å². The van der Waals surface area contributed by atoms with Crippen LogP contribution in [0.5, 0.6) is 0 Å². The molecule has 0 saturated carbocycles. The third kappa shape index (κ3) is 2.14. The summed E-state index contributed by atoms with van der Waals surface area (Å²) in [7, 11) is 0. The topological polar surface area (TPSA) is 67.6 Å². The summed E-state index contributed by atoms with van der Waals surface area (Å²) in [5, 5.41) is 12.7. The molecule has 1 heterocycles. The van der Waals surface area contributed by atoms with E-state index >= 15 is 0 Å². The van der Waals surface area contributed by atoms with Gasteiger partial charge in [-0.3, -0.25) is 4.68 Å². The second kappa shape index (κ2) is 3.98. The van der Waals surface area contributed by atoms with Crippen LogP contribution in [0, 0.1) is 11.3 Å². The zero-order valence-electron chi connectivity index (χ0n) is 6.50. The summed E-state index contributed by atoms with van der Waals surface area (Å²) in [6, 6.07) is 2.05. The fraction of sp³-hybridized carbons (Fsp3) is 0.429. The molecular formula is C7H9ClN4. The van der Waals surface area contributed by atoms with Crippen molar-refractivity contribution in [2.75, 3.05) is 5.73 Å². The molecule has 0 aliphatic rings. The van der Waals surface area contributed by atoms with E-state index in [4.69, 9.17) is 22.6 Å². The summed E-state index contributed by atoms with van der Waals surface area (Å²) < 4.78 is 1.65. The van der Waals surface area contributed by atoms with Crippen molar-refractivity contribution in [3.05, 3.63) is 11.2 Å². The van der Waals surface area contributed by atoms with Crippen molar-refractivity contribution >= 4 is 17.4 Å². The van der Waals surface area contributed by atoms with Crippen LogP contribution in [0.1, 0.15) is 12.8 Å². The van der Waals surface area contributed by atoms with E-state index in [1.807, 2.05) is 0 Å². The number of nitrogen functional groups attached to an aromatic ring is 1. The molecule has 1 aromatic rings. The Morgan fingerprint density at radius 3 is 3.00 bits per heavy atom. The first-order chi connectivity index (χ1) is 5.74. The monoisotopic (exact) mass is 184 g/mol. The van der Waals surface area contributed by atoms with Crippen molar-refractivity contribution < 1.29 is 0 Å². The molecule has 0 aromatic carbocycles. The number of unbranched alkanes of at least 4 members (excludes halogenated alkanes) is 1. The average molecular weight is 185 g/mol. The highest BCUT2D eigenvalue weighted by molar-refractivity contribution is 6.32. The summed E-state index contributed by atoms with van der Waals surface area (Å²) in [4.78, 5) is 0. The summed E-state index contributed by atoms with van der Waals surface area (Å²) in [6.45, 7) is 0.685. The van der Waals surface area contributed by atoms with Gasteiger partial charge in [0.2, 0.25) is 0 Å². The first-order valence-corrected chi connectivity index (χ1v) is 3.97. The number of hydrogen-bond donors (Lipinski definition) is 1. The summed E-state index contributed by atoms with van der Waals surface area (Å²) >= 11 is 5.67. The minimum absolute atomic E-state index is 0.341. The Hall–Kier alpha value is -1.21. The fourth-order valence-electron chi connectivity index (χ4n) is 0.847. The molecule has 0 saturated heterocycles. The number of rotatable bonds is 3. The molecule has 64 valence electrons. The lowest BCUT2D eigenvalue weighted by atomic mass is 10.3. The molecule has 0 radical (unpaired) electrons. The van der Waals surface area contributed by atoms with Gasteiger partial charge in [-0.1, -0.05) is 11.6 Å². The number of halogens is 1. The minimum Gasteiger partial charge on any atom is -0.381 e. The highest BCUT2D eigenvalue weighted by Gasteiger charge is 2.01. The van der Waals surface area contributed by atoms with Crippen molar-refractivity contribution in [2.24, 2.45) is 0 Å². The van der Waals surface area contributed by atoms with Crippen molar-refractivity contribution in [3.63, 3.8) is 0 Å². The smallest absolute Gasteiger partial charge is 0.164 e. The number of nitrogens with zero attached hydrogens (tertiary/aromatic N) is 3. The number of nitriles is 1. The Balaban J connectivity index is 2.48.